The van der Waals surface area contributed by atoms with Gasteiger partial charge in [0.05, 0.1) is 0 Å². The van der Waals surface area contributed by atoms with Crippen LogP contribution in [0, 0.1) is 0 Å². The lowest BCUT2D eigenvalue weighted by Gasteiger charge is -2.04. The van der Waals surface area contributed by atoms with Crippen molar-refractivity contribution in [1.29, 1.82) is 0 Å². The van der Waals surface area contributed by atoms with Crippen molar-refractivity contribution < 1.29 is 4.79 Å². The summed E-state index contributed by atoms with van der Waals surface area (Å²) in [5.41, 5.74) is 1.84. The fraction of sp³-hybridized carbons (Fsp3) is 0.231. The van der Waals surface area contributed by atoms with Crippen molar-refractivity contribution in [2.75, 3.05) is 0 Å². The van der Waals surface area contributed by atoms with Gasteiger partial charge in [-0.3, -0.25) is 9.78 Å². The first-order chi connectivity index (χ1) is 7.81. The highest BCUT2D eigenvalue weighted by Crippen LogP contribution is 2.15. The number of carbonyl (C=O) groups is 1. The molecule has 0 aliphatic carbocycles. The van der Waals surface area contributed by atoms with Crippen LogP contribution in [0.4, 0.5) is 0 Å². The molecule has 2 nitrogen and oxygen atoms in total. The number of hydrogen-bond donors (Lipinski definition) is 0. The minimum absolute atomic E-state index is 0.182. The largest absolute Gasteiger partial charge is 0.294 e. The fourth-order valence-corrected chi connectivity index (χ4v) is 2.35. The highest BCUT2D eigenvalue weighted by atomic mass is 32.1. The van der Waals surface area contributed by atoms with Gasteiger partial charge in [-0.05, 0) is 29.5 Å². The molecule has 16 heavy (non-hydrogen) atoms. The van der Waals surface area contributed by atoms with Gasteiger partial charge in [-0.15, -0.1) is 11.3 Å². The summed E-state index contributed by atoms with van der Waals surface area (Å²) in [5, 5.41) is 2.00. The molecule has 3 heteroatoms. The van der Waals surface area contributed by atoms with Crippen LogP contribution in [0.2, 0.25) is 0 Å². The summed E-state index contributed by atoms with van der Waals surface area (Å²) in [6.07, 6.45) is 4.80. The van der Waals surface area contributed by atoms with Crippen molar-refractivity contribution in [3.05, 3.63) is 52.0 Å². The number of Topliss-reactive ketones (excluding diaryl/α,β-unsaturated/α-hetero) is 1. The standard InChI is InChI=1S/C13H13NOS/c1-2-10-9-14-6-5-12(10)13(15)8-11-4-3-7-16-11/h3-7,9H,2,8H2,1H3. The van der Waals surface area contributed by atoms with Gasteiger partial charge in [0.15, 0.2) is 5.78 Å². The van der Waals surface area contributed by atoms with Crippen molar-refractivity contribution in [2.45, 2.75) is 19.8 Å². The SMILES string of the molecule is CCc1cnccc1C(=O)Cc1cccs1. The lowest BCUT2D eigenvalue weighted by Crippen LogP contribution is -2.06. The summed E-state index contributed by atoms with van der Waals surface area (Å²) in [6, 6.07) is 5.78. The number of nitrogens with zero attached hydrogens (tertiary/aromatic N) is 1. The zero-order valence-electron chi connectivity index (χ0n) is 9.14. The smallest absolute Gasteiger partial charge is 0.168 e. The van der Waals surface area contributed by atoms with E-state index in [0.29, 0.717) is 6.42 Å². The predicted octanol–water partition coefficient (Wildman–Crippen LogP) is 3.13. The zero-order valence-corrected chi connectivity index (χ0v) is 9.96. The van der Waals surface area contributed by atoms with E-state index in [9.17, 15) is 4.79 Å². The van der Waals surface area contributed by atoms with Crippen molar-refractivity contribution in [3.63, 3.8) is 0 Å². The predicted molar refractivity (Wildman–Crippen MR) is 66.0 cm³/mol. The molecule has 2 heterocycles. The molecule has 0 saturated carbocycles. The summed E-state index contributed by atoms with van der Waals surface area (Å²) < 4.78 is 0. The first-order valence-electron chi connectivity index (χ1n) is 5.29. The van der Waals surface area contributed by atoms with E-state index in [0.717, 1.165) is 22.4 Å². The number of thiophene rings is 1. The fourth-order valence-electron chi connectivity index (χ4n) is 1.65. The number of aromatic nitrogens is 1. The maximum Gasteiger partial charge on any atom is 0.168 e. The van der Waals surface area contributed by atoms with Gasteiger partial charge in [0.25, 0.3) is 0 Å². The van der Waals surface area contributed by atoms with Gasteiger partial charge in [-0.1, -0.05) is 13.0 Å². The lowest BCUT2D eigenvalue weighted by atomic mass is 10.0. The third kappa shape index (κ3) is 2.36. The maximum absolute atomic E-state index is 12.1. The Morgan fingerprint density at radius 1 is 1.44 bits per heavy atom. The number of ketones is 1. The second kappa shape index (κ2) is 5.03. The van der Waals surface area contributed by atoms with Crippen molar-refractivity contribution in [2.24, 2.45) is 0 Å². The van der Waals surface area contributed by atoms with Gasteiger partial charge in [0, 0.05) is 29.3 Å². The Labute approximate surface area is 99.0 Å². The van der Waals surface area contributed by atoms with Crippen molar-refractivity contribution in [1.82, 2.24) is 4.98 Å². The molecule has 0 radical (unpaired) electrons. The van der Waals surface area contributed by atoms with Crippen LogP contribution in [-0.2, 0) is 12.8 Å². The zero-order chi connectivity index (χ0) is 11.4. The first-order valence-corrected chi connectivity index (χ1v) is 6.17. The summed E-state index contributed by atoms with van der Waals surface area (Å²) in [5.74, 6) is 0.182. The van der Waals surface area contributed by atoms with E-state index < -0.39 is 0 Å². The van der Waals surface area contributed by atoms with E-state index in [4.69, 9.17) is 0 Å². The van der Waals surface area contributed by atoms with Crippen LogP contribution in [0.3, 0.4) is 0 Å². The number of rotatable bonds is 4. The van der Waals surface area contributed by atoms with E-state index in [1.165, 1.54) is 0 Å². The van der Waals surface area contributed by atoms with Gasteiger partial charge >= 0.3 is 0 Å². The Morgan fingerprint density at radius 2 is 2.31 bits per heavy atom. The number of pyridine rings is 1. The van der Waals surface area contributed by atoms with Gasteiger partial charge in [-0.25, -0.2) is 0 Å². The van der Waals surface area contributed by atoms with Crippen LogP contribution in [0.25, 0.3) is 0 Å². The second-order valence-corrected chi connectivity index (χ2v) is 4.60. The number of carbonyl (C=O) groups excluding carboxylic acids is 1. The number of aryl methyl sites for hydroxylation is 1. The van der Waals surface area contributed by atoms with Gasteiger partial charge in [-0.2, -0.15) is 0 Å². The Kier molecular flexibility index (Phi) is 3.47. The molecule has 82 valence electrons. The van der Waals surface area contributed by atoms with E-state index in [1.54, 1.807) is 23.7 Å². The molecule has 2 rings (SSSR count). The first kappa shape index (κ1) is 11.0. The lowest BCUT2D eigenvalue weighted by molar-refractivity contribution is 0.0993. The molecule has 0 spiro atoms. The van der Waals surface area contributed by atoms with Crippen LogP contribution in [0.15, 0.2) is 36.0 Å². The quantitative estimate of drug-likeness (QED) is 0.757. The highest BCUT2D eigenvalue weighted by molar-refractivity contribution is 7.10. The van der Waals surface area contributed by atoms with Crippen LogP contribution in [0.1, 0.15) is 27.7 Å². The molecule has 0 saturated heterocycles. The van der Waals surface area contributed by atoms with Crippen LogP contribution in [-0.4, -0.2) is 10.8 Å². The average molecular weight is 231 g/mol. The normalized spacial score (nSPS) is 10.3. The molecule has 0 aliphatic heterocycles. The monoisotopic (exact) mass is 231 g/mol. The van der Waals surface area contributed by atoms with Crippen molar-refractivity contribution >= 4 is 17.1 Å². The summed E-state index contributed by atoms with van der Waals surface area (Å²) in [4.78, 5) is 17.2. The molecular weight excluding hydrogens is 218 g/mol. The molecule has 0 atom stereocenters. The minimum atomic E-state index is 0.182. The molecule has 0 amide bonds. The Morgan fingerprint density at radius 3 is 3.00 bits per heavy atom. The summed E-state index contributed by atoms with van der Waals surface area (Å²) in [7, 11) is 0. The van der Waals surface area contributed by atoms with Crippen LogP contribution < -0.4 is 0 Å². The molecular formula is C13H13NOS. The van der Waals surface area contributed by atoms with E-state index in [-0.39, 0.29) is 5.78 Å². The molecule has 0 fully saturated rings. The highest BCUT2D eigenvalue weighted by Gasteiger charge is 2.11. The summed E-state index contributed by atoms with van der Waals surface area (Å²) >= 11 is 1.62. The van der Waals surface area contributed by atoms with E-state index in [1.807, 2.05) is 30.5 Å². The van der Waals surface area contributed by atoms with Crippen molar-refractivity contribution in [3.8, 4) is 0 Å². The average Bonchev–Trinajstić information content (AvgIpc) is 2.81. The minimum Gasteiger partial charge on any atom is -0.294 e. The van der Waals surface area contributed by atoms with E-state index in [2.05, 4.69) is 4.98 Å². The Hall–Kier alpha value is -1.48. The van der Waals surface area contributed by atoms with Crippen LogP contribution in [0.5, 0.6) is 0 Å². The van der Waals surface area contributed by atoms with E-state index >= 15 is 0 Å². The second-order valence-electron chi connectivity index (χ2n) is 3.57. The Balaban J connectivity index is 2.21. The molecule has 0 N–H and O–H groups in total. The molecule has 2 aromatic rings. The Bertz CT molecular complexity index is 476. The molecule has 0 bridgehead atoms. The molecule has 0 aromatic carbocycles. The topological polar surface area (TPSA) is 30.0 Å². The molecule has 2 aromatic heterocycles. The maximum atomic E-state index is 12.1. The number of hydrogen-bond acceptors (Lipinski definition) is 3. The van der Waals surface area contributed by atoms with Gasteiger partial charge < -0.3 is 0 Å². The summed E-state index contributed by atoms with van der Waals surface area (Å²) in [6.45, 7) is 2.04. The van der Waals surface area contributed by atoms with Gasteiger partial charge in [0.2, 0.25) is 0 Å². The third-order valence-corrected chi connectivity index (χ3v) is 3.38. The van der Waals surface area contributed by atoms with Crippen LogP contribution >= 0.6 is 11.3 Å². The van der Waals surface area contributed by atoms with Gasteiger partial charge in [0.1, 0.15) is 0 Å². The third-order valence-electron chi connectivity index (χ3n) is 2.50. The molecule has 0 aliphatic rings. The molecule has 0 unspecified atom stereocenters.